The number of nitrogens with one attached hydrogen (secondary N) is 1. The molecular weight excluding hydrogens is 278 g/mol. The molecule has 0 amide bonds. The second-order valence-electron chi connectivity index (χ2n) is 4.58. The van der Waals surface area contributed by atoms with Crippen LogP contribution in [0.15, 0.2) is 45.7 Å². The Morgan fingerprint density at radius 3 is 2.35 bits per heavy atom. The van der Waals surface area contributed by atoms with Gasteiger partial charge in [0.1, 0.15) is 11.5 Å². The fourth-order valence-corrected chi connectivity index (χ4v) is 2.75. The van der Waals surface area contributed by atoms with Crippen molar-refractivity contribution in [1.82, 2.24) is 4.72 Å². The van der Waals surface area contributed by atoms with Crippen molar-refractivity contribution in [3.63, 3.8) is 0 Å². The van der Waals surface area contributed by atoms with Gasteiger partial charge in [0.2, 0.25) is 10.0 Å². The molecule has 1 aromatic carbocycles. The number of aliphatic hydroxyl groups is 1. The highest BCUT2D eigenvalue weighted by Gasteiger charge is 2.14. The third-order valence-electron chi connectivity index (χ3n) is 2.91. The zero-order valence-electron chi connectivity index (χ0n) is 11.3. The quantitative estimate of drug-likeness (QED) is 0.885. The first kappa shape index (κ1) is 14.8. The molecule has 0 saturated carbocycles. The molecule has 6 heteroatoms. The van der Waals surface area contributed by atoms with Gasteiger partial charge in [0.05, 0.1) is 17.5 Å². The van der Waals surface area contributed by atoms with E-state index in [1.165, 1.54) is 12.1 Å². The molecule has 2 aromatic rings. The minimum Gasteiger partial charge on any atom is -0.465 e. The summed E-state index contributed by atoms with van der Waals surface area (Å²) in [7, 11) is -3.58. The summed E-state index contributed by atoms with van der Waals surface area (Å²) in [6.07, 6.45) is -0.620. The zero-order chi connectivity index (χ0) is 14.8. The molecule has 0 bridgehead atoms. The highest BCUT2D eigenvalue weighted by molar-refractivity contribution is 7.89. The highest BCUT2D eigenvalue weighted by atomic mass is 32.2. The van der Waals surface area contributed by atoms with Crippen LogP contribution in [0.4, 0.5) is 0 Å². The normalized spacial score (nSPS) is 13.3. The molecule has 1 heterocycles. The lowest BCUT2D eigenvalue weighted by atomic mass is 10.1. The fourth-order valence-electron chi connectivity index (χ4n) is 1.76. The molecule has 0 spiro atoms. The first-order valence-corrected chi connectivity index (χ1v) is 7.70. The number of rotatable bonds is 5. The van der Waals surface area contributed by atoms with Gasteiger partial charge in [-0.15, -0.1) is 0 Å². The van der Waals surface area contributed by atoms with Crippen molar-refractivity contribution in [1.29, 1.82) is 0 Å². The van der Waals surface area contributed by atoms with E-state index in [0.29, 0.717) is 11.3 Å². The number of sulfonamides is 1. The second-order valence-corrected chi connectivity index (χ2v) is 6.35. The molecule has 108 valence electrons. The SMILES string of the molecule is Cc1ccc(CNS(=O)(=O)c2ccc(C(C)O)cc2)o1. The Bertz CT molecular complexity index is 671. The van der Waals surface area contributed by atoms with Gasteiger partial charge < -0.3 is 9.52 Å². The monoisotopic (exact) mass is 295 g/mol. The second kappa shape index (κ2) is 5.78. The number of hydrogen-bond donors (Lipinski definition) is 2. The summed E-state index contributed by atoms with van der Waals surface area (Å²) >= 11 is 0. The van der Waals surface area contributed by atoms with Gasteiger partial charge in [-0.3, -0.25) is 0 Å². The molecule has 1 unspecified atom stereocenters. The van der Waals surface area contributed by atoms with E-state index in [0.717, 1.165) is 5.76 Å². The van der Waals surface area contributed by atoms with Crippen LogP contribution in [-0.2, 0) is 16.6 Å². The molecule has 0 aliphatic carbocycles. The van der Waals surface area contributed by atoms with Crippen LogP contribution in [0.1, 0.15) is 30.1 Å². The van der Waals surface area contributed by atoms with E-state index >= 15 is 0 Å². The van der Waals surface area contributed by atoms with Gasteiger partial charge in [-0.05, 0) is 43.7 Å². The van der Waals surface area contributed by atoms with E-state index in [1.54, 1.807) is 38.1 Å². The van der Waals surface area contributed by atoms with Crippen molar-refractivity contribution in [2.75, 3.05) is 0 Å². The minimum absolute atomic E-state index is 0.105. The third kappa shape index (κ3) is 3.47. The molecule has 0 aliphatic heterocycles. The summed E-state index contributed by atoms with van der Waals surface area (Å²) in [5.74, 6) is 1.30. The van der Waals surface area contributed by atoms with Crippen molar-refractivity contribution in [2.45, 2.75) is 31.4 Å². The smallest absolute Gasteiger partial charge is 0.240 e. The third-order valence-corrected chi connectivity index (χ3v) is 4.32. The molecule has 2 rings (SSSR count). The Morgan fingerprint density at radius 1 is 1.20 bits per heavy atom. The van der Waals surface area contributed by atoms with Gasteiger partial charge in [-0.25, -0.2) is 13.1 Å². The predicted molar refractivity (Wildman–Crippen MR) is 74.5 cm³/mol. The van der Waals surface area contributed by atoms with Crippen molar-refractivity contribution >= 4 is 10.0 Å². The average molecular weight is 295 g/mol. The lowest BCUT2D eigenvalue weighted by Crippen LogP contribution is -2.23. The van der Waals surface area contributed by atoms with Crippen molar-refractivity contribution in [3.8, 4) is 0 Å². The van der Waals surface area contributed by atoms with Crippen LogP contribution in [0, 0.1) is 6.92 Å². The van der Waals surface area contributed by atoms with Gasteiger partial charge in [0, 0.05) is 0 Å². The Labute approximate surface area is 118 Å². The van der Waals surface area contributed by atoms with Crippen LogP contribution in [0.25, 0.3) is 0 Å². The number of benzene rings is 1. The molecule has 0 aliphatic rings. The van der Waals surface area contributed by atoms with Gasteiger partial charge >= 0.3 is 0 Å². The van der Waals surface area contributed by atoms with Crippen molar-refractivity contribution in [3.05, 3.63) is 53.5 Å². The van der Waals surface area contributed by atoms with Gasteiger partial charge in [-0.1, -0.05) is 12.1 Å². The van der Waals surface area contributed by atoms with Gasteiger partial charge in [0.15, 0.2) is 0 Å². The van der Waals surface area contributed by atoms with E-state index in [9.17, 15) is 13.5 Å². The van der Waals surface area contributed by atoms with E-state index in [-0.39, 0.29) is 11.4 Å². The molecule has 1 aromatic heterocycles. The summed E-state index contributed by atoms with van der Waals surface area (Å²) < 4.78 is 31.9. The summed E-state index contributed by atoms with van der Waals surface area (Å²) in [5, 5.41) is 9.39. The first-order valence-electron chi connectivity index (χ1n) is 6.21. The largest absolute Gasteiger partial charge is 0.465 e. The highest BCUT2D eigenvalue weighted by Crippen LogP contribution is 2.16. The maximum Gasteiger partial charge on any atom is 0.240 e. The number of aliphatic hydroxyl groups excluding tert-OH is 1. The van der Waals surface area contributed by atoms with E-state index in [2.05, 4.69) is 4.72 Å². The topological polar surface area (TPSA) is 79.5 Å². The number of furan rings is 1. The number of aryl methyl sites for hydroxylation is 1. The Hall–Kier alpha value is -1.63. The van der Waals surface area contributed by atoms with E-state index in [1.807, 2.05) is 0 Å². The van der Waals surface area contributed by atoms with Crippen LogP contribution in [0.5, 0.6) is 0 Å². The molecule has 5 nitrogen and oxygen atoms in total. The summed E-state index contributed by atoms with van der Waals surface area (Å²) in [6.45, 7) is 3.53. The molecular formula is C14H17NO4S. The molecule has 2 N–H and O–H groups in total. The van der Waals surface area contributed by atoms with Crippen LogP contribution in [0.2, 0.25) is 0 Å². The maximum absolute atomic E-state index is 12.1. The average Bonchev–Trinajstić information content (AvgIpc) is 2.82. The standard InChI is InChI=1S/C14H17NO4S/c1-10-3-6-13(19-10)9-15-20(17,18)14-7-4-12(5-8-14)11(2)16/h3-8,11,15-16H,9H2,1-2H3. The van der Waals surface area contributed by atoms with Crippen LogP contribution < -0.4 is 4.72 Å². The summed E-state index contributed by atoms with van der Waals surface area (Å²) in [5.41, 5.74) is 0.672. The van der Waals surface area contributed by atoms with E-state index in [4.69, 9.17) is 4.42 Å². The van der Waals surface area contributed by atoms with E-state index < -0.39 is 16.1 Å². The lowest BCUT2D eigenvalue weighted by molar-refractivity contribution is 0.199. The molecule has 1 atom stereocenters. The maximum atomic E-state index is 12.1. The molecule has 0 fully saturated rings. The predicted octanol–water partition coefficient (Wildman–Crippen LogP) is 2.12. The van der Waals surface area contributed by atoms with Crippen molar-refractivity contribution in [2.24, 2.45) is 0 Å². The van der Waals surface area contributed by atoms with Gasteiger partial charge in [-0.2, -0.15) is 0 Å². The minimum atomic E-state index is -3.58. The summed E-state index contributed by atoms with van der Waals surface area (Å²) in [4.78, 5) is 0.158. The number of hydrogen-bond acceptors (Lipinski definition) is 4. The van der Waals surface area contributed by atoms with Crippen LogP contribution >= 0.6 is 0 Å². The van der Waals surface area contributed by atoms with Crippen molar-refractivity contribution < 1.29 is 17.9 Å². The van der Waals surface area contributed by atoms with Gasteiger partial charge in [0.25, 0.3) is 0 Å². The zero-order valence-corrected chi connectivity index (χ0v) is 12.1. The Morgan fingerprint density at radius 2 is 1.85 bits per heavy atom. The Kier molecular flexibility index (Phi) is 4.27. The lowest BCUT2D eigenvalue weighted by Gasteiger charge is -2.08. The molecule has 0 radical (unpaired) electrons. The first-order chi connectivity index (χ1) is 9.38. The fraction of sp³-hybridized carbons (Fsp3) is 0.286. The molecule has 0 saturated heterocycles. The molecule has 20 heavy (non-hydrogen) atoms. The summed E-state index contributed by atoms with van der Waals surface area (Å²) in [6, 6.07) is 9.64. The Balaban J connectivity index is 2.09. The van der Waals surface area contributed by atoms with Crippen LogP contribution in [0.3, 0.4) is 0 Å². The van der Waals surface area contributed by atoms with Crippen LogP contribution in [-0.4, -0.2) is 13.5 Å².